The van der Waals surface area contributed by atoms with Crippen LogP contribution in [0.4, 0.5) is 0 Å². The lowest BCUT2D eigenvalue weighted by atomic mass is 9.82. The van der Waals surface area contributed by atoms with E-state index in [1.807, 2.05) is 24.3 Å². The Morgan fingerprint density at radius 1 is 0.645 bits per heavy atom. The second kappa shape index (κ2) is 13.5. The standard InChI is InChI=1S/C27H42O4/c28-24(29)26(20-14-15-21-26)18-12-10-8-6-4-2-1-3-5-7-9-11-13-19-27(25(30)31)22-16-17-23-27/h1-2,14,16,20,22H,3-13,15,17-19,21,23H2,(H,28,29)(H,30,31)/b2-1-. The van der Waals surface area contributed by atoms with Crippen molar-refractivity contribution in [2.45, 2.75) is 109 Å². The highest BCUT2D eigenvalue weighted by Gasteiger charge is 2.37. The van der Waals surface area contributed by atoms with Crippen LogP contribution in [-0.4, -0.2) is 22.2 Å². The highest BCUT2D eigenvalue weighted by molar-refractivity contribution is 5.78. The molecule has 0 bridgehead atoms. The van der Waals surface area contributed by atoms with Crippen molar-refractivity contribution in [1.82, 2.24) is 0 Å². The Labute approximate surface area is 188 Å². The molecule has 0 aliphatic heterocycles. The number of aliphatic carboxylic acids is 2. The van der Waals surface area contributed by atoms with Crippen molar-refractivity contribution in [3.8, 4) is 0 Å². The van der Waals surface area contributed by atoms with Gasteiger partial charge in [-0.25, -0.2) is 0 Å². The minimum Gasteiger partial charge on any atom is -0.481 e. The fourth-order valence-corrected chi connectivity index (χ4v) is 4.98. The average Bonchev–Trinajstić information content (AvgIpc) is 3.42. The molecule has 2 unspecified atom stereocenters. The Morgan fingerprint density at radius 3 is 1.39 bits per heavy atom. The first-order chi connectivity index (χ1) is 15.0. The van der Waals surface area contributed by atoms with Gasteiger partial charge in [0, 0.05) is 0 Å². The van der Waals surface area contributed by atoms with E-state index in [1.54, 1.807) is 0 Å². The van der Waals surface area contributed by atoms with Gasteiger partial charge in [-0.1, -0.05) is 81.4 Å². The monoisotopic (exact) mass is 430 g/mol. The molecular weight excluding hydrogens is 388 g/mol. The van der Waals surface area contributed by atoms with Crippen LogP contribution in [0.3, 0.4) is 0 Å². The number of rotatable bonds is 17. The van der Waals surface area contributed by atoms with E-state index in [0.717, 1.165) is 77.0 Å². The molecule has 0 aromatic carbocycles. The third kappa shape index (κ3) is 8.31. The van der Waals surface area contributed by atoms with E-state index in [4.69, 9.17) is 0 Å². The molecule has 2 atom stereocenters. The molecule has 2 aliphatic carbocycles. The molecule has 0 heterocycles. The summed E-state index contributed by atoms with van der Waals surface area (Å²) in [6.45, 7) is 0. The lowest BCUT2D eigenvalue weighted by Gasteiger charge is -2.21. The van der Waals surface area contributed by atoms with Crippen LogP contribution in [0.5, 0.6) is 0 Å². The van der Waals surface area contributed by atoms with Gasteiger partial charge in [-0.15, -0.1) is 0 Å². The molecule has 2 N–H and O–H groups in total. The van der Waals surface area contributed by atoms with E-state index in [9.17, 15) is 19.8 Å². The summed E-state index contributed by atoms with van der Waals surface area (Å²) in [4.78, 5) is 23.0. The van der Waals surface area contributed by atoms with Crippen molar-refractivity contribution in [3.63, 3.8) is 0 Å². The minimum atomic E-state index is -0.653. The molecule has 2 aliphatic rings. The van der Waals surface area contributed by atoms with E-state index >= 15 is 0 Å². The number of unbranched alkanes of at least 4 members (excludes halogenated alkanes) is 9. The van der Waals surface area contributed by atoms with Gasteiger partial charge < -0.3 is 10.2 Å². The molecule has 0 radical (unpaired) electrons. The van der Waals surface area contributed by atoms with Crippen LogP contribution in [0.15, 0.2) is 36.5 Å². The van der Waals surface area contributed by atoms with Gasteiger partial charge in [-0.05, 0) is 64.2 Å². The van der Waals surface area contributed by atoms with Gasteiger partial charge in [0.25, 0.3) is 0 Å². The molecule has 2 rings (SSSR count). The summed E-state index contributed by atoms with van der Waals surface area (Å²) in [5.74, 6) is -1.30. The zero-order valence-electron chi connectivity index (χ0n) is 19.2. The van der Waals surface area contributed by atoms with Gasteiger partial charge in [0.05, 0.1) is 10.8 Å². The zero-order chi connectivity index (χ0) is 22.4. The number of hydrogen-bond donors (Lipinski definition) is 2. The van der Waals surface area contributed by atoms with Crippen molar-refractivity contribution >= 4 is 11.9 Å². The van der Waals surface area contributed by atoms with Crippen LogP contribution in [0.25, 0.3) is 0 Å². The summed E-state index contributed by atoms with van der Waals surface area (Å²) in [6, 6.07) is 0. The Bertz CT molecular complexity index is 648. The van der Waals surface area contributed by atoms with E-state index in [2.05, 4.69) is 12.2 Å². The predicted octanol–water partition coefficient (Wildman–Crippen LogP) is 7.46. The van der Waals surface area contributed by atoms with E-state index in [1.165, 1.54) is 32.1 Å². The molecule has 174 valence electrons. The van der Waals surface area contributed by atoms with E-state index < -0.39 is 22.8 Å². The third-order valence-electron chi connectivity index (χ3n) is 7.14. The molecule has 4 nitrogen and oxygen atoms in total. The molecule has 0 fully saturated rings. The van der Waals surface area contributed by atoms with Crippen LogP contribution in [-0.2, 0) is 9.59 Å². The first kappa shape index (κ1) is 25.4. The van der Waals surface area contributed by atoms with Crippen LogP contribution < -0.4 is 0 Å². The van der Waals surface area contributed by atoms with Gasteiger partial charge in [0.1, 0.15) is 0 Å². The maximum absolute atomic E-state index is 11.5. The van der Waals surface area contributed by atoms with Crippen LogP contribution in [0.1, 0.15) is 109 Å². The predicted molar refractivity (Wildman–Crippen MR) is 126 cm³/mol. The lowest BCUT2D eigenvalue weighted by molar-refractivity contribution is -0.147. The average molecular weight is 431 g/mol. The molecule has 0 aromatic heterocycles. The van der Waals surface area contributed by atoms with Crippen molar-refractivity contribution in [2.75, 3.05) is 0 Å². The normalized spacial score (nSPS) is 25.0. The van der Waals surface area contributed by atoms with Crippen LogP contribution in [0, 0.1) is 10.8 Å². The molecular formula is C27H42O4. The fraction of sp³-hybridized carbons (Fsp3) is 0.704. The van der Waals surface area contributed by atoms with Crippen molar-refractivity contribution < 1.29 is 19.8 Å². The van der Waals surface area contributed by atoms with E-state index in [-0.39, 0.29) is 0 Å². The number of allylic oxidation sites excluding steroid dienone is 4. The number of carboxylic acids is 2. The van der Waals surface area contributed by atoms with E-state index in [0.29, 0.717) is 0 Å². The van der Waals surface area contributed by atoms with Crippen molar-refractivity contribution in [3.05, 3.63) is 36.5 Å². The Balaban J connectivity index is 1.38. The zero-order valence-corrected chi connectivity index (χ0v) is 19.2. The fourth-order valence-electron chi connectivity index (χ4n) is 4.98. The van der Waals surface area contributed by atoms with Gasteiger partial charge in [0.2, 0.25) is 0 Å². The summed E-state index contributed by atoms with van der Waals surface area (Å²) in [5, 5.41) is 18.9. The quantitative estimate of drug-likeness (QED) is 0.185. The number of carbonyl (C=O) groups is 2. The summed E-state index contributed by atoms with van der Waals surface area (Å²) < 4.78 is 0. The van der Waals surface area contributed by atoms with Gasteiger partial charge in [-0.3, -0.25) is 9.59 Å². The summed E-state index contributed by atoms with van der Waals surface area (Å²) in [7, 11) is 0. The molecule has 31 heavy (non-hydrogen) atoms. The highest BCUT2D eigenvalue weighted by atomic mass is 16.4. The molecule has 0 saturated carbocycles. The second-order valence-corrected chi connectivity index (χ2v) is 9.54. The topological polar surface area (TPSA) is 74.6 Å². The number of carboxylic acid groups (broad SMARTS) is 2. The second-order valence-electron chi connectivity index (χ2n) is 9.54. The maximum Gasteiger partial charge on any atom is 0.313 e. The Morgan fingerprint density at radius 2 is 1.03 bits per heavy atom. The summed E-state index contributed by atoms with van der Waals surface area (Å²) in [5.41, 5.74) is -1.15. The summed E-state index contributed by atoms with van der Waals surface area (Å²) >= 11 is 0. The summed E-state index contributed by atoms with van der Waals surface area (Å²) in [6.07, 6.45) is 29.9. The SMILES string of the molecule is O=C(O)C1(CCCCCC/C=C\CCCCCCCC2(C(=O)O)C=CCC2)C=CCC1. The Kier molecular flexibility index (Phi) is 11.1. The van der Waals surface area contributed by atoms with Crippen molar-refractivity contribution in [1.29, 1.82) is 0 Å². The van der Waals surface area contributed by atoms with Gasteiger partial charge in [-0.2, -0.15) is 0 Å². The van der Waals surface area contributed by atoms with Crippen LogP contribution in [0.2, 0.25) is 0 Å². The number of hydrogen-bond acceptors (Lipinski definition) is 2. The van der Waals surface area contributed by atoms with Gasteiger partial charge in [0.15, 0.2) is 0 Å². The molecule has 0 aromatic rings. The van der Waals surface area contributed by atoms with Crippen LogP contribution >= 0.6 is 0 Å². The minimum absolute atomic E-state index is 0.575. The lowest BCUT2D eigenvalue weighted by Crippen LogP contribution is -2.26. The smallest absolute Gasteiger partial charge is 0.313 e. The largest absolute Gasteiger partial charge is 0.481 e. The maximum atomic E-state index is 11.5. The highest BCUT2D eigenvalue weighted by Crippen LogP contribution is 2.38. The molecule has 0 amide bonds. The van der Waals surface area contributed by atoms with Gasteiger partial charge >= 0.3 is 11.9 Å². The first-order valence-corrected chi connectivity index (χ1v) is 12.5. The molecule has 4 heteroatoms. The van der Waals surface area contributed by atoms with Crippen molar-refractivity contribution in [2.24, 2.45) is 10.8 Å². The molecule has 0 spiro atoms. The third-order valence-corrected chi connectivity index (χ3v) is 7.14. The Hall–Kier alpha value is -1.84. The molecule has 0 saturated heterocycles. The first-order valence-electron chi connectivity index (χ1n) is 12.5.